The summed E-state index contributed by atoms with van der Waals surface area (Å²) in [5.41, 5.74) is 1.62. The SMILES string of the molecule is CCS(=O)(=O)CC(C)Nc1cccc(N2CCNC2=O)c1. The average molecular weight is 311 g/mol. The lowest BCUT2D eigenvalue weighted by atomic mass is 10.2. The lowest BCUT2D eigenvalue weighted by Gasteiger charge is -2.18. The van der Waals surface area contributed by atoms with Crippen molar-refractivity contribution in [2.75, 3.05) is 34.8 Å². The van der Waals surface area contributed by atoms with E-state index in [2.05, 4.69) is 10.6 Å². The smallest absolute Gasteiger partial charge is 0.321 e. The predicted octanol–water partition coefficient (Wildman–Crippen LogP) is 1.45. The van der Waals surface area contributed by atoms with Crippen LogP contribution in [0.15, 0.2) is 24.3 Å². The largest absolute Gasteiger partial charge is 0.382 e. The Labute approximate surface area is 125 Å². The van der Waals surface area contributed by atoms with E-state index >= 15 is 0 Å². The standard InChI is InChI=1S/C14H21N3O3S/c1-3-21(19,20)10-11(2)16-12-5-4-6-13(9-12)17-8-7-15-14(17)18/h4-6,9,11,16H,3,7-8,10H2,1-2H3,(H,15,18). The Bertz CT molecular complexity index is 616. The number of urea groups is 1. The van der Waals surface area contributed by atoms with Crippen LogP contribution in [0, 0.1) is 0 Å². The molecular weight excluding hydrogens is 290 g/mol. The summed E-state index contributed by atoms with van der Waals surface area (Å²) in [5.74, 6) is 0.241. The van der Waals surface area contributed by atoms with Crippen LogP contribution in [0.1, 0.15) is 13.8 Å². The first-order valence-electron chi connectivity index (χ1n) is 7.03. The van der Waals surface area contributed by atoms with Gasteiger partial charge < -0.3 is 10.6 Å². The fourth-order valence-corrected chi connectivity index (χ4v) is 3.39. The Morgan fingerprint density at radius 2 is 2.19 bits per heavy atom. The van der Waals surface area contributed by atoms with Crippen LogP contribution in [0.5, 0.6) is 0 Å². The van der Waals surface area contributed by atoms with Crippen LogP contribution in [-0.4, -0.2) is 45.1 Å². The molecule has 1 saturated heterocycles. The quantitative estimate of drug-likeness (QED) is 0.833. The van der Waals surface area contributed by atoms with Crippen LogP contribution in [0.4, 0.5) is 16.2 Å². The lowest BCUT2D eigenvalue weighted by molar-refractivity contribution is 0.252. The molecule has 0 radical (unpaired) electrons. The van der Waals surface area contributed by atoms with Crippen molar-refractivity contribution in [3.63, 3.8) is 0 Å². The first kappa shape index (κ1) is 15.6. The maximum absolute atomic E-state index is 11.6. The summed E-state index contributed by atoms with van der Waals surface area (Å²) in [6, 6.07) is 7.16. The maximum Gasteiger partial charge on any atom is 0.321 e. The summed E-state index contributed by atoms with van der Waals surface area (Å²) in [5, 5.41) is 5.93. The highest BCUT2D eigenvalue weighted by molar-refractivity contribution is 7.91. The van der Waals surface area contributed by atoms with Gasteiger partial charge >= 0.3 is 6.03 Å². The first-order valence-corrected chi connectivity index (χ1v) is 8.86. The summed E-state index contributed by atoms with van der Waals surface area (Å²) < 4.78 is 23.2. The Kier molecular flexibility index (Phi) is 4.72. The van der Waals surface area contributed by atoms with E-state index in [1.807, 2.05) is 31.2 Å². The number of nitrogens with zero attached hydrogens (tertiary/aromatic N) is 1. The second-order valence-electron chi connectivity index (χ2n) is 5.18. The van der Waals surface area contributed by atoms with E-state index in [1.54, 1.807) is 11.8 Å². The number of benzene rings is 1. The maximum atomic E-state index is 11.6. The van der Waals surface area contributed by atoms with Gasteiger partial charge in [0.1, 0.15) is 0 Å². The van der Waals surface area contributed by atoms with Gasteiger partial charge in [-0.15, -0.1) is 0 Å². The molecule has 116 valence electrons. The van der Waals surface area contributed by atoms with Crippen molar-refractivity contribution in [2.45, 2.75) is 19.9 Å². The monoisotopic (exact) mass is 311 g/mol. The van der Waals surface area contributed by atoms with Crippen molar-refractivity contribution >= 4 is 27.2 Å². The Hall–Kier alpha value is -1.76. The van der Waals surface area contributed by atoms with E-state index in [1.165, 1.54) is 0 Å². The minimum Gasteiger partial charge on any atom is -0.382 e. The molecule has 0 aliphatic carbocycles. The molecule has 2 amide bonds. The van der Waals surface area contributed by atoms with Crippen LogP contribution in [0.25, 0.3) is 0 Å². The van der Waals surface area contributed by atoms with Crippen molar-refractivity contribution < 1.29 is 13.2 Å². The second-order valence-corrected chi connectivity index (χ2v) is 7.58. The van der Waals surface area contributed by atoms with Crippen LogP contribution in [0.3, 0.4) is 0 Å². The molecule has 1 atom stereocenters. The molecule has 6 nitrogen and oxygen atoms in total. The molecule has 0 aromatic heterocycles. The van der Waals surface area contributed by atoms with Gasteiger partial charge in [-0.2, -0.15) is 0 Å². The molecule has 0 saturated carbocycles. The number of carbonyl (C=O) groups is 1. The molecule has 2 N–H and O–H groups in total. The molecule has 1 aromatic carbocycles. The number of hydrogen-bond acceptors (Lipinski definition) is 4. The highest BCUT2D eigenvalue weighted by atomic mass is 32.2. The van der Waals surface area contributed by atoms with Gasteiger partial charge in [0, 0.05) is 36.3 Å². The van der Waals surface area contributed by atoms with Crippen LogP contribution < -0.4 is 15.5 Å². The highest BCUT2D eigenvalue weighted by Gasteiger charge is 2.21. The molecule has 2 rings (SSSR count). The zero-order valence-corrected chi connectivity index (χ0v) is 13.1. The minimum absolute atomic E-state index is 0.0952. The third-order valence-electron chi connectivity index (χ3n) is 3.37. The summed E-state index contributed by atoms with van der Waals surface area (Å²) >= 11 is 0. The summed E-state index contributed by atoms with van der Waals surface area (Å²) in [7, 11) is -3.01. The molecule has 7 heteroatoms. The van der Waals surface area contributed by atoms with Gasteiger partial charge in [0.2, 0.25) is 0 Å². The predicted molar refractivity (Wildman–Crippen MR) is 84.6 cm³/mol. The number of hydrogen-bond donors (Lipinski definition) is 2. The molecule has 1 aromatic rings. The van der Waals surface area contributed by atoms with Gasteiger partial charge in [0.15, 0.2) is 9.84 Å². The van der Waals surface area contributed by atoms with Gasteiger partial charge in [-0.3, -0.25) is 4.90 Å². The highest BCUT2D eigenvalue weighted by Crippen LogP contribution is 2.21. The number of amides is 2. The summed E-state index contributed by atoms with van der Waals surface area (Å²) in [6.45, 7) is 4.76. The third kappa shape index (κ3) is 4.10. The van der Waals surface area contributed by atoms with Gasteiger partial charge in [0.05, 0.1) is 5.75 Å². The number of sulfone groups is 1. The van der Waals surface area contributed by atoms with Gasteiger partial charge in [-0.1, -0.05) is 13.0 Å². The molecule has 1 unspecified atom stereocenters. The van der Waals surface area contributed by atoms with Gasteiger partial charge in [-0.25, -0.2) is 13.2 Å². The van der Waals surface area contributed by atoms with Crippen LogP contribution >= 0.6 is 0 Å². The molecule has 0 spiro atoms. The number of anilines is 2. The number of rotatable bonds is 6. The molecule has 21 heavy (non-hydrogen) atoms. The normalized spacial score (nSPS) is 16.7. The van der Waals surface area contributed by atoms with Crippen molar-refractivity contribution in [1.82, 2.24) is 5.32 Å². The average Bonchev–Trinajstić information content (AvgIpc) is 2.84. The fraction of sp³-hybridized carbons (Fsp3) is 0.500. The van der Waals surface area contributed by atoms with Crippen molar-refractivity contribution in [1.29, 1.82) is 0 Å². The number of nitrogens with one attached hydrogen (secondary N) is 2. The van der Waals surface area contributed by atoms with E-state index in [9.17, 15) is 13.2 Å². The lowest BCUT2D eigenvalue weighted by Crippen LogP contribution is -2.28. The molecule has 1 aliphatic rings. The van der Waals surface area contributed by atoms with E-state index < -0.39 is 9.84 Å². The van der Waals surface area contributed by atoms with E-state index in [0.29, 0.717) is 13.1 Å². The third-order valence-corrected chi connectivity index (χ3v) is 5.26. The van der Waals surface area contributed by atoms with Crippen molar-refractivity contribution in [2.24, 2.45) is 0 Å². The van der Waals surface area contributed by atoms with Crippen molar-refractivity contribution in [3.05, 3.63) is 24.3 Å². The minimum atomic E-state index is -3.01. The molecule has 0 bridgehead atoms. The number of carbonyl (C=O) groups excluding carboxylic acids is 1. The van der Waals surface area contributed by atoms with Crippen molar-refractivity contribution in [3.8, 4) is 0 Å². The molecule has 1 heterocycles. The topological polar surface area (TPSA) is 78.5 Å². The second kappa shape index (κ2) is 6.34. The Morgan fingerprint density at radius 3 is 2.81 bits per heavy atom. The Balaban J connectivity index is 2.06. The molecular formula is C14H21N3O3S. The fourth-order valence-electron chi connectivity index (χ4n) is 2.31. The van der Waals surface area contributed by atoms with E-state index in [0.717, 1.165) is 11.4 Å². The van der Waals surface area contributed by atoms with E-state index in [-0.39, 0.29) is 23.6 Å². The van der Waals surface area contributed by atoms with Gasteiger partial charge in [0.25, 0.3) is 0 Å². The molecule has 1 fully saturated rings. The summed E-state index contributed by atoms with van der Waals surface area (Å²) in [4.78, 5) is 13.3. The summed E-state index contributed by atoms with van der Waals surface area (Å²) in [6.07, 6.45) is 0. The van der Waals surface area contributed by atoms with Crippen LogP contribution in [0.2, 0.25) is 0 Å². The zero-order valence-electron chi connectivity index (χ0n) is 12.3. The Morgan fingerprint density at radius 1 is 1.43 bits per heavy atom. The van der Waals surface area contributed by atoms with Gasteiger partial charge in [-0.05, 0) is 25.1 Å². The first-order chi connectivity index (χ1) is 9.91. The van der Waals surface area contributed by atoms with Crippen LogP contribution in [-0.2, 0) is 9.84 Å². The zero-order chi connectivity index (χ0) is 15.5. The molecule has 1 aliphatic heterocycles. The van der Waals surface area contributed by atoms with E-state index in [4.69, 9.17) is 0 Å².